The number of carbonyl (C=O) groups is 1. The number of Topliss-reactive ketones (excluding diaryl/α,β-unsaturated/α-hetero) is 1. The van der Waals surface area contributed by atoms with Crippen LogP contribution in [0.5, 0.6) is 0 Å². The molecule has 2 heterocycles. The molecule has 1 aromatic carbocycles. The van der Waals surface area contributed by atoms with Crippen molar-refractivity contribution in [1.82, 2.24) is 5.01 Å². The van der Waals surface area contributed by atoms with E-state index in [1.165, 1.54) is 47.8 Å². The lowest BCUT2D eigenvalue weighted by Gasteiger charge is -2.39. The van der Waals surface area contributed by atoms with Crippen LogP contribution in [0, 0.1) is 22.7 Å². The number of carbonyl (C=O) groups excluding carboxylic acids is 1. The predicted octanol–water partition coefficient (Wildman–Crippen LogP) is 7.62. The van der Waals surface area contributed by atoms with Crippen LogP contribution < -0.4 is 0 Å². The van der Waals surface area contributed by atoms with Crippen molar-refractivity contribution >= 4 is 32.9 Å². The molecule has 1 aromatic heterocycles. The normalized spacial score (nSPS) is 30.9. The van der Waals surface area contributed by atoms with Gasteiger partial charge in [-0.3, -0.25) is 9.80 Å². The summed E-state index contributed by atoms with van der Waals surface area (Å²) in [5.74, 6) is 1.61. The molecule has 5 rings (SSSR count). The number of nitrogens with zero attached hydrogens (tertiary/aromatic N) is 2. The summed E-state index contributed by atoms with van der Waals surface area (Å²) in [6.07, 6.45) is 8.85. The minimum Gasteiger partial charge on any atom is -0.293 e. The second-order valence-corrected chi connectivity index (χ2v) is 12.2. The molecule has 1 unspecified atom stereocenters. The van der Waals surface area contributed by atoms with Crippen LogP contribution >= 0.6 is 11.3 Å². The van der Waals surface area contributed by atoms with Crippen molar-refractivity contribution in [3.63, 3.8) is 0 Å². The molecule has 2 saturated carbocycles. The van der Waals surface area contributed by atoms with Crippen molar-refractivity contribution in [3.8, 4) is 0 Å². The van der Waals surface area contributed by atoms with Crippen LogP contribution in [0.1, 0.15) is 90.7 Å². The highest BCUT2D eigenvalue weighted by Gasteiger charge is 2.61. The maximum absolute atomic E-state index is 13.5. The van der Waals surface area contributed by atoms with E-state index >= 15 is 0 Å². The van der Waals surface area contributed by atoms with Gasteiger partial charge in [0.15, 0.2) is 5.78 Å². The van der Waals surface area contributed by atoms with Crippen LogP contribution in [0.4, 0.5) is 0 Å². The van der Waals surface area contributed by atoms with Crippen molar-refractivity contribution in [2.75, 3.05) is 6.54 Å². The van der Waals surface area contributed by atoms with Gasteiger partial charge in [0.05, 0.1) is 6.04 Å². The Hall–Kier alpha value is -1.68. The fourth-order valence-corrected chi connectivity index (χ4v) is 8.01. The van der Waals surface area contributed by atoms with E-state index in [2.05, 4.69) is 62.3 Å². The zero-order valence-corrected chi connectivity index (χ0v) is 21.0. The number of fused-ring (bicyclic) bond motifs is 3. The highest BCUT2D eigenvalue weighted by molar-refractivity contribution is 7.17. The van der Waals surface area contributed by atoms with E-state index in [0.717, 1.165) is 31.0 Å². The van der Waals surface area contributed by atoms with Crippen LogP contribution in [0.25, 0.3) is 10.1 Å². The third-order valence-electron chi connectivity index (χ3n) is 9.58. The topological polar surface area (TPSA) is 32.7 Å². The summed E-state index contributed by atoms with van der Waals surface area (Å²) in [6.45, 7) is 10.5. The van der Waals surface area contributed by atoms with Gasteiger partial charge in [-0.15, -0.1) is 11.3 Å². The summed E-state index contributed by atoms with van der Waals surface area (Å²) in [6, 6.07) is 8.86. The Morgan fingerprint density at radius 2 is 2.03 bits per heavy atom. The molecule has 1 aliphatic heterocycles. The average molecular weight is 451 g/mol. The maximum atomic E-state index is 13.5. The van der Waals surface area contributed by atoms with Crippen molar-refractivity contribution in [3.05, 3.63) is 35.2 Å². The van der Waals surface area contributed by atoms with Gasteiger partial charge in [-0.2, -0.15) is 5.10 Å². The molecule has 0 spiro atoms. The Morgan fingerprint density at radius 1 is 1.22 bits per heavy atom. The lowest BCUT2D eigenvalue weighted by molar-refractivity contribution is -0.115. The molecular formula is C28H38N2OS. The summed E-state index contributed by atoms with van der Waals surface area (Å²) in [5.41, 5.74) is 2.84. The summed E-state index contributed by atoms with van der Waals surface area (Å²) in [5, 5.41) is 10.8. The lowest BCUT2D eigenvalue weighted by atomic mass is 9.65. The molecule has 2 fully saturated rings. The van der Waals surface area contributed by atoms with Gasteiger partial charge in [0.1, 0.15) is 5.71 Å². The van der Waals surface area contributed by atoms with Crippen LogP contribution in [-0.2, 0) is 4.79 Å². The molecule has 3 nitrogen and oxygen atoms in total. The molecule has 2 aliphatic carbocycles. The van der Waals surface area contributed by atoms with Crippen LogP contribution in [0.15, 0.2) is 34.7 Å². The van der Waals surface area contributed by atoms with Gasteiger partial charge < -0.3 is 0 Å². The first-order chi connectivity index (χ1) is 15.3. The zero-order chi connectivity index (χ0) is 22.5. The fraction of sp³-hybridized carbons (Fsp3) is 0.643. The average Bonchev–Trinajstić information content (AvgIpc) is 3.48. The lowest BCUT2D eigenvalue weighted by Crippen LogP contribution is -2.34. The van der Waals surface area contributed by atoms with Crippen LogP contribution in [0.3, 0.4) is 0 Å². The van der Waals surface area contributed by atoms with Crippen molar-refractivity contribution in [2.24, 2.45) is 27.8 Å². The minimum atomic E-state index is 0.203. The summed E-state index contributed by atoms with van der Waals surface area (Å²) < 4.78 is 1.33. The monoisotopic (exact) mass is 450 g/mol. The van der Waals surface area contributed by atoms with Crippen LogP contribution in [-0.4, -0.2) is 23.0 Å². The highest BCUT2D eigenvalue weighted by Crippen LogP contribution is 2.68. The number of unbranched alkanes of at least 4 members (excludes halogenated alkanes) is 2. The van der Waals surface area contributed by atoms with Gasteiger partial charge in [0, 0.05) is 24.1 Å². The number of ketones is 1. The molecule has 172 valence electrons. The number of hydrogen-bond donors (Lipinski definition) is 0. The molecule has 32 heavy (non-hydrogen) atoms. The maximum Gasteiger partial charge on any atom is 0.179 e. The summed E-state index contributed by atoms with van der Waals surface area (Å²) in [4.78, 5) is 13.5. The number of thiophene rings is 1. The van der Waals surface area contributed by atoms with Crippen molar-refractivity contribution in [2.45, 2.75) is 85.1 Å². The van der Waals surface area contributed by atoms with Gasteiger partial charge >= 0.3 is 0 Å². The van der Waals surface area contributed by atoms with Gasteiger partial charge in [-0.25, -0.2) is 0 Å². The Bertz CT molecular complexity index is 1040. The first kappa shape index (κ1) is 22.1. The Morgan fingerprint density at radius 3 is 2.75 bits per heavy atom. The first-order valence-electron chi connectivity index (χ1n) is 12.7. The van der Waals surface area contributed by atoms with E-state index < -0.39 is 0 Å². The molecule has 3 aliphatic rings. The van der Waals surface area contributed by atoms with E-state index in [1.54, 1.807) is 0 Å². The first-order valence-corrected chi connectivity index (χ1v) is 13.6. The van der Waals surface area contributed by atoms with Crippen molar-refractivity contribution < 1.29 is 4.79 Å². The Balaban J connectivity index is 1.36. The smallest absolute Gasteiger partial charge is 0.179 e. The highest BCUT2D eigenvalue weighted by atomic mass is 32.1. The molecular weight excluding hydrogens is 412 g/mol. The third-order valence-corrected chi connectivity index (χ3v) is 10.6. The third kappa shape index (κ3) is 3.45. The Labute approximate surface area is 197 Å². The summed E-state index contributed by atoms with van der Waals surface area (Å²) in [7, 11) is 0. The molecule has 0 amide bonds. The van der Waals surface area contributed by atoms with E-state index in [1.807, 2.05) is 11.3 Å². The number of hydrogen-bond acceptors (Lipinski definition) is 4. The van der Waals surface area contributed by atoms with Gasteiger partial charge in [0.25, 0.3) is 0 Å². The van der Waals surface area contributed by atoms with Gasteiger partial charge in [-0.1, -0.05) is 58.7 Å². The molecule has 2 aromatic rings. The fourth-order valence-electron chi connectivity index (χ4n) is 7.00. The molecule has 0 radical (unpaired) electrons. The van der Waals surface area contributed by atoms with E-state index in [9.17, 15) is 4.79 Å². The molecule has 4 atom stereocenters. The molecule has 0 saturated heterocycles. The zero-order valence-electron chi connectivity index (χ0n) is 20.2. The molecule has 0 N–H and O–H groups in total. The molecule has 4 heteroatoms. The standard InChI is InChI=1S/C28H38N2OS/c1-5-6-9-14-30-24(22-18-32-26-11-8-7-10-21(22)26)17-23(29-30)25(31)16-20-15-19-12-13-28(20,4)27(19,2)3/h7-8,10-11,18-20,24H,5-6,9,12-17H2,1-4H3/t19-,20+,24?,28-/m0/s1. The SMILES string of the molecule is CCCCCN1N=C(C(=O)C[C@H]2C[C@@H]3CC[C@]2(C)C3(C)C)CC1c1csc2ccccc12. The minimum absolute atomic E-state index is 0.203. The van der Waals surface area contributed by atoms with Gasteiger partial charge in [-0.05, 0) is 70.7 Å². The van der Waals surface area contributed by atoms with Gasteiger partial charge in [0.2, 0.25) is 0 Å². The van der Waals surface area contributed by atoms with E-state index in [-0.39, 0.29) is 6.04 Å². The van der Waals surface area contributed by atoms with E-state index in [4.69, 9.17) is 5.10 Å². The Kier molecular flexibility index (Phi) is 5.72. The second kappa shape index (κ2) is 8.27. The quantitative estimate of drug-likeness (QED) is 0.388. The number of hydrazone groups is 1. The second-order valence-electron chi connectivity index (χ2n) is 11.3. The predicted molar refractivity (Wildman–Crippen MR) is 135 cm³/mol. The number of benzene rings is 1. The summed E-state index contributed by atoms with van der Waals surface area (Å²) >= 11 is 1.81. The van der Waals surface area contributed by atoms with Crippen molar-refractivity contribution in [1.29, 1.82) is 0 Å². The van der Waals surface area contributed by atoms with Crippen LogP contribution in [0.2, 0.25) is 0 Å². The van der Waals surface area contributed by atoms with E-state index in [0.29, 0.717) is 29.0 Å². The largest absolute Gasteiger partial charge is 0.293 e. The molecule has 2 bridgehead atoms. The number of rotatable bonds is 8.